The maximum Gasteiger partial charge on any atom is 0.275 e. The van der Waals surface area contributed by atoms with Crippen molar-refractivity contribution in [3.05, 3.63) is 52.2 Å². The van der Waals surface area contributed by atoms with E-state index in [-0.39, 0.29) is 11.4 Å². The van der Waals surface area contributed by atoms with Gasteiger partial charge in [-0.3, -0.25) is 9.36 Å². The van der Waals surface area contributed by atoms with Crippen LogP contribution in [0, 0.1) is 5.92 Å². The fraction of sp³-hybridized carbons (Fsp3) is 0.481. The van der Waals surface area contributed by atoms with E-state index in [9.17, 15) is 4.79 Å². The highest BCUT2D eigenvalue weighted by atomic mass is 32.1. The zero-order valence-corrected chi connectivity index (χ0v) is 21.3. The molecule has 0 saturated carbocycles. The number of carbonyl (C=O) groups excluding carboxylic acids is 1. The highest BCUT2D eigenvalue weighted by molar-refractivity contribution is 7.13. The van der Waals surface area contributed by atoms with E-state index < -0.39 is 0 Å². The molecule has 7 nitrogen and oxygen atoms in total. The molecule has 1 spiro atoms. The molecule has 184 valence electrons. The number of rotatable bonds is 5. The largest absolute Gasteiger partial charge is 0.496 e. The Kier molecular flexibility index (Phi) is 5.70. The Bertz CT molecular complexity index is 1260. The van der Waals surface area contributed by atoms with Gasteiger partial charge in [-0.15, -0.1) is 11.3 Å². The van der Waals surface area contributed by atoms with E-state index in [1.807, 2.05) is 11.0 Å². The minimum Gasteiger partial charge on any atom is -0.496 e. The topological polar surface area (TPSA) is 65.8 Å². The van der Waals surface area contributed by atoms with Gasteiger partial charge in [-0.25, -0.2) is 4.98 Å². The molecule has 1 amide bonds. The summed E-state index contributed by atoms with van der Waals surface area (Å²) in [5, 5.41) is 2.06. The van der Waals surface area contributed by atoms with Crippen molar-refractivity contribution in [3.8, 4) is 22.1 Å². The van der Waals surface area contributed by atoms with Gasteiger partial charge in [0.1, 0.15) is 11.3 Å². The first-order chi connectivity index (χ1) is 17.0. The summed E-state index contributed by atoms with van der Waals surface area (Å²) < 4.78 is 19.2. The first-order valence-corrected chi connectivity index (χ1v) is 13.2. The van der Waals surface area contributed by atoms with Gasteiger partial charge in [-0.2, -0.15) is 0 Å². The average Bonchev–Trinajstić information content (AvgIpc) is 3.50. The number of thiophene rings is 1. The van der Waals surface area contributed by atoms with Crippen LogP contribution in [0.2, 0.25) is 0 Å². The molecule has 3 aliphatic rings. The van der Waals surface area contributed by atoms with Gasteiger partial charge in [0.05, 0.1) is 49.8 Å². The first kappa shape index (κ1) is 22.8. The maximum absolute atomic E-state index is 14.0. The Hall–Kier alpha value is -2.68. The number of nitrogens with zero attached hydrogens (tertiary/aromatic N) is 3. The summed E-state index contributed by atoms with van der Waals surface area (Å²) in [6, 6.07) is 8.54. The van der Waals surface area contributed by atoms with Crippen LogP contribution in [0.15, 0.2) is 29.6 Å². The second kappa shape index (κ2) is 8.76. The molecule has 6 rings (SSSR count). The average molecular weight is 494 g/mol. The van der Waals surface area contributed by atoms with Gasteiger partial charge in [0.15, 0.2) is 11.5 Å². The van der Waals surface area contributed by atoms with Crippen molar-refractivity contribution in [1.29, 1.82) is 0 Å². The molecule has 0 N–H and O–H groups in total. The van der Waals surface area contributed by atoms with E-state index in [4.69, 9.17) is 19.2 Å². The number of hydrogen-bond donors (Lipinski definition) is 0. The van der Waals surface area contributed by atoms with Crippen LogP contribution in [0.5, 0.6) is 5.75 Å². The van der Waals surface area contributed by atoms with Gasteiger partial charge in [0, 0.05) is 6.54 Å². The zero-order valence-electron chi connectivity index (χ0n) is 20.5. The predicted octanol–water partition coefficient (Wildman–Crippen LogP) is 4.15. The van der Waals surface area contributed by atoms with Crippen molar-refractivity contribution in [1.82, 2.24) is 14.5 Å². The lowest BCUT2D eigenvalue weighted by atomic mass is 9.92. The van der Waals surface area contributed by atoms with Gasteiger partial charge in [0.25, 0.3) is 5.91 Å². The molecule has 35 heavy (non-hydrogen) atoms. The van der Waals surface area contributed by atoms with Crippen LogP contribution in [0.4, 0.5) is 0 Å². The molecular weight excluding hydrogens is 462 g/mol. The first-order valence-electron chi connectivity index (χ1n) is 12.3. The van der Waals surface area contributed by atoms with Crippen LogP contribution in [-0.2, 0) is 28.7 Å². The maximum atomic E-state index is 14.0. The minimum absolute atomic E-state index is 0.0116. The number of hydrogen-bond acceptors (Lipinski definition) is 6. The molecule has 3 aromatic rings. The van der Waals surface area contributed by atoms with E-state index in [1.54, 1.807) is 18.4 Å². The van der Waals surface area contributed by atoms with E-state index in [1.165, 1.54) is 11.1 Å². The van der Waals surface area contributed by atoms with Crippen LogP contribution in [-0.4, -0.2) is 66.0 Å². The number of benzene rings is 1. The van der Waals surface area contributed by atoms with Gasteiger partial charge < -0.3 is 19.1 Å². The summed E-state index contributed by atoms with van der Waals surface area (Å²) in [4.78, 5) is 22.1. The van der Waals surface area contributed by atoms with Gasteiger partial charge in [0.2, 0.25) is 0 Å². The van der Waals surface area contributed by atoms with Crippen LogP contribution in [0.1, 0.15) is 41.2 Å². The fourth-order valence-corrected chi connectivity index (χ4v) is 6.25. The molecule has 2 fully saturated rings. The molecule has 0 unspecified atom stereocenters. The van der Waals surface area contributed by atoms with Crippen molar-refractivity contribution in [3.63, 3.8) is 0 Å². The Morgan fingerprint density at radius 1 is 1.23 bits per heavy atom. The van der Waals surface area contributed by atoms with Gasteiger partial charge >= 0.3 is 0 Å². The van der Waals surface area contributed by atoms with E-state index in [2.05, 4.69) is 42.0 Å². The summed E-state index contributed by atoms with van der Waals surface area (Å²) in [6.45, 7) is 7.11. The third kappa shape index (κ3) is 3.70. The monoisotopic (exact) mass is 493 g/mol. The third-order valence-electron chi connectivity index (χ3n) is 7.29. The molecule has 3 aliphatic heterocycles. The zero-order chi connectivity index (χ0) is 24.2. The van der Waals surface area contributed by atoms with Gasteiger partial charge in [-0.1, -0.05) is 19.9 Å². The molecule has 0 atom stereocenters. The highest BCUT2D eigenvalue weighted by Gasteiger charge is 2.50. The molecular formula is C27H31N3O4S. The standard InChI is InChI=1S/C27H31N3O4S/c1-17(2)11-19-12-21-18(13-22(19)32-3)6-7-20-24(28-25(30(20)21)23-5-4-10-35-23)26(31)29-8-9-33-14-27(29)15-34-16-27/h4-5,10,12-13,17H,6-9,11,14-16H2,1-3H3. The van der Waals surface area contributed by atoms with Crippen molar-refractivity contribution < 1.29 is 19.0 Å². The second-order valence-electron chi connectivity index (χ2n) is 10.2. The van der Waals surface area contributed by atoms with Crippen LogP contribution in [0.3, 0.4) is 0 Å². The molecule has 0 radical (unpaired) electrons. The van der Waals surface area contributed by atoms with Crippen LogP contribution >= 0.6 is 11.3 Å². The summed E-state index contributed by atoms with van der Waals surface area (Å²) >= 11 is 1.65. The molecule has 0 aliphatic carbocycles. The van der Waals surface area contributed by atoms with Crippen LogP contribution < -0.4 is 4.74 Å². The fourth-order valence-electron chi connectivity index (χ4n) is 5.55. The Morgan fingerprint density at radius 2 is 2.06 bits per heavy atom. The van der Waals surface area contributed by atoms with Crippen molar-refractivity contribution >= 4 is 17.2 Å². The minimum atomic E-state index is -0.362. The lowest BCUT2D eigenvalue weighted by Gasteiger charge is -2.51. The van der Waals surface area contributed by atoms with Gasteiger partial charge in [-0.05, 0) is 59.9 Å². The van der Waals surface area contributed by atoms with Crippen LogP contribution in [0.25, 0.3) is 16.4 Å². The smallest absolute Gasteiger partial charge is 0.275 e. The Labute approximate surface area is 209 Å². The molecule has 0 bridgehead atoms. The summed E-state index contributed by atoms with van der Waals surface area (Å²) in [5.41, 5.74) is 4.72. The summed E-state index contributed by atoms with van der Waals surface area (Å²) in [7, 11) is 1.74. The lowest BCUT2D eigenvalue weighted by molar-refractivity contribution is -0.181. The summed E-state index contributed by atoms with van der Waals surface area (Å²) in [6.07, 6.45) is 2.53. The van der Waals surface area contributed by atoms with E-state index in [0.717, 1.165) is 47.1 Å². The Morgan fingerprint density at radius 3 is 2.74 bits per heavy atom. The molecule has 1 aromatic carbocycles. The number of amides is 1. The number of carbonyl (C=O) groups is 1. The van der Waals surface area contributed by atoms with Crippen molar-refractivity contribution in [2.24, 2.45) is 5.92 Å². The second-order valence-corrected chi connectivity index (χ2v) is 11.1. The predicted molar refractivity (Wildman–Crippen MR) is 135 cm³/mol. The lowest BCUT2D eigenvalue weighted by Crippen LogP contribution is -2.69. The SMILES string of the molecule is COc1cc2c(cc1CC(C)C)-n1c(-c3cccs3)nc(C(=O)N3CCOCC34COC4)c1CC2. The van der Waals surface area contributed by atoms with Crippen molar-refractivity contribution in [2.75, 3.05) is 40.1 Å². The molecule has 2 aromatic heterocycles. The number of fused-ring (bicyclic) bond motifs is 3. The third-order valence-corrected chi connectivity index (χ3v) is 8.15. The number of ether oxygens (including phenoxy) is 3. The van der Waals surface area contributed by atoms with E-state index in [0.29, 0.717) is 44.6 Å². The van der Waals surface area contributed by atoms with Crippen molar-refractivity contribution in [2.45, 2.75) is 38.6 Å². The number of methoxy groups -OCH3 is 1. The molecule has 5 heterocycles. The number of morpholine rings is 1. The normalized spacial score (nSPS) is 18.3. The van der Waals surface area contributed by atoms with E-state index >= 15 is 0 Å². The highest BCUT2D eigenvalue weighted by Crippen LogP contribution is 2.39. The number of imidazole rings is 1. The summed E-state index contributed by atoms with van der Waals surface area (Å²) in [5.74, 6) is 2.27. The molecule has 2 saturated heterocycles. The Balaban J connectivity index is 1.50. The quantitative estimate of drug-likeness (QED) is 0.534. The number of aromatic nitrogens is 2. The molecule has 8 heteroatoms. The number of aryl methyl sites for hydroxylation is 1.